The molecule has 1 aliphatic rings. The molecular weight excluding hydrogens is 455 g/mol. The van der Waals surface area contributed by atoms with Crippen LogP contribution in [0.3, 0.4) is 0 Å². The Morgan fingerprint density at radius 1 is 1.03 bits per heavy atom. The lowest BCUT2D eigenvalue weighted by atomic mass is 9.96. The monoisotopic (exact) mass is 479 g/mol. The number of hydrogen-bond donors (Lipinski definition) is 1. The Balaban J connectivity index is 1.66. The van der Waals surface area contributed by atoms with Crippen LogP contribution < -0.4 is 15.2 Å². The quantitative estimate of drug-likeness (QED) is 0.369. The van der Waals surface area contributed by atoms with Gasteiger partial charge in [-0.05, 0) is 29.7 Å². The van der Waals surface area contributed by atoms with E-state index in [2.05, 4.69) is 5.43 Å². The minimum Gasteiger partial charge on any atom is -0.489 e. The number of benzene rings is 3. The summed E-state index contributed by atoms with van der Waals surface area (Å²) in [6.45, 7) is 4.80. The van der Waals surface area contributed by atoms with Gasteiger partial charge in [0.2, 0.25) is 0 Å². The van der Waals surface area contributed by atoms with Crippen LogP contribution in [0.1, 0.15) is 35.8 Å². The smallest absolute Gasteiger partial charge is 0.286 e. The van der Waals surface area contributed by atoms with Gasteiger partial charge in [0, 0.05) is 29.6 Å². The number of para-hydroxylation sites is 3. The molecule has 0 aliphatic carbocycles. The first-order valence-electron chi connectivity index (χ1n) is 11.3. The summed E-state index contributed by atoms with van der Waals surface area (Å²) in [5, 5.41) is 2.46. The molecule has 5 rings (SSSR count). The van der Waals surface area contributed by atoms with Gasteiger partial charge in [0.25, 0.3) is 5.91 Å². The molecule has 1 aromatic heterocycles. The van der Waals surface area contributed by atoms with Crippen molar-refractivity contribution in [2.75, 3.05) is 18.2 Å². The zero-order valence-corrected chi connectivity index (χ0v) is 19.5. The maximum Gasteiger partial charge on any atom is 0.286 e. The first-order valence-corrected chi connectivity index (χ1v) is 11.3. The normalized spacial score (nSPS) is 13.2. The molecule has 5 nitrogen and oxygen atoms in total. The predicted octanol–water partition coefficient (Wildman–Crippen LogP) is 5.93. The fourth-order valence-corrected chi connectivity index (χ4v) is 4.83. The van der Waals surface area contributed by atoms with Gasteiger partial charge >= 0.3 is 0 Å². The number of amides is 1. The summed E-state index contributed by atoms with van der Waals surface area (Å²) in [7, 11) is 1.70. The van der Waals surface area contributed by atoms with E-state index in [9.17, 15) is 18.0 Å². The highest BCUT2D eigenvalue weighted by Crippen LogP contribution is 2.39. The van der Waals surface area contributed by atoms with Gasteiger partial charge < -0.3 is 9.30 Å². The molecule has 0 fully saturated rings. The van der Waals surface area contributed by atoms with Crippen LogP contribution in [-0.2, 0) is 7.05 Å². The third-order valence-corrected chi connectivity index (χ3v) is 6.29. The Hall–Kier alpha value is -3.94. The van der Waals surface area contributed by atoms with Crippen LogP contribution in [0, 0.1) is 17.5 Å². The molecule has 3 aromatic carbocycles. The lowest BCUT2D eigenvalue weighted by molar-refractivity contribution is 0.0936. The molecule has 1 aliphatic heterocycles. The van der Waals surface area contributed by atoms with E-state index in [-0.39, 0.29) is 17.4 Å². The molecule has 1 amide bonds. The van der Waals surface area contributed by atoms with Gasteiger partial charge in [-0.15, -0.1) is 0 Å². The highest BCUT2D eigenvalue weighted by Gasteiger charge is 2.28. The average molecular weight is 480 g/mol. The van der Waals surface area contributed by atoms with E-state index < -0.39 is 17.5 Å². The number of fused-ring (bicyclic) bond motifs is 2. The molecule has 0 unspecified atom stereocenters. The predicted molar refractivity (Wildman–Crippen MR) is 129 cm³/mol. The molecule has 0 spiro atoms. The number of nitrogens with one attached hydrogen (secondary N) is 1. The standard InChI is InChI=1S/C27H24F3N3O2/c1-15(2)23-18-8-6-7-17(19-13-16(28)14-20(29)24(19)30)25(18)32(3)26(23)27(34)31-33-11-12-35-22-10-5-4-9-21(22)33/h4-10,13-15H,11-12H2,1-3H3,(H,31,34). The van der Waals surface area contributed by atoms with Crippen molar-refractivity contribution in [1.82, 2.24) is 9.99 Å². The Kier molecular flexibility index (Phi) is 5.67. The number of ether oxygens (including phenoxy) is 1. The van der Waals surface area contributed by atoms with Crippen molar-refractivity contribution in [3.63, 3.8) is 0 Å². The number of anilines is 1. The molecule has 35 heavy (non-hydrogen) atoms. The van der Waals surface area contributed by atoms with Gasteiger partial charge in [-0.2, -0.15) is 0 Å². The van der Waals surface area contributed by atoms with Crippen LogP contribution in [0.2, 0.25) is 0 Å². The van der Waals surface area contributed by atoms with Crippen molar-refractivity contribution in [2.24, 2.45) is 7.05 Å². The van der Waals surface area contributed by atoms with Gasteiger partial charge in [-0.1, -0.05) is 44.2 Å². The Morgan fingerprint density at radius 2 is 1.80 bits per heavy atom. The molecule has 0 radical (unpaired) electrons. The van der Waals surface area contributed by atoms with Gasteiger partial charge in [-0.25, -0.2) is 13.2 Å². The highest BCUT2D eigenvalue weighted by atomic mass is 19.2. The molecule has 1 N–H and O–H groups in total. The Bertz CT molecular complexity index is 1460. The van der Waals surface area contributed by atoms with Crippen molar-refractivity contribution in [3.8, 4) is 16.9 Å². The summed E-state index contributed by atoms with van der Waals surface area (Å²) >= 11 is 0. The molecule has 0 atom stereocenters. The second kappa shape index (κ2) is 8.69. The number of halogens is 3. The SMILES string of the molecule is CC(C)c1c(C(=O)NN2CCOc3ccccc32)n(C)c2c(-c3cc(F)cc(F)c3F)cccc12. The van der Waals surface area contributed by atoms with Crippen LogP contribution in [0.5, 0.6) is 5.75 Å². The minimum atomic E-state index is -1.26. The maximum atomic E-state index is 14.8. The van der Waals surface area contributed by atoms with Crippen molar-refractivity contribution < 1.29 is 22.7 Å². The van der Waals surface area contributed by atoms with Gasteiger partial charge in [0.15, 0.2) is 11.6 Å². The fraction of sp³-hybridized carbons (Fsp3) is 0.222. The molecule has 2 heterocycles. The summed E-state index contributed by atoms with van der Waals surface area (Å²) in [5.74, 6) is -3.01. The third kappa shape index (κ3) is 3.79. The molecule has 0 saturated carbocycles. The third-order valence-electron chi connectivity index (χ3n) is 6.29. The molecular formula is C27H24F3N3O2. The second-order valence-corrected chi connectivity index (χ2v) is 8.84. The fourth-order valence-electron chi connectivity index (χ4n) is 4.83. The van der Waals surface area contributed by atoms with Crippen LogP contribution in [0.15, 0.2) is 54.6 Å². The second-order valence-electron chi connectivity index (χ2n) is 8.84. The van der Waals surface area contributed by atoms with E-state index in [1.165, 1.54) is 0 Å². The summed E-state index contributed by atoms with van der Waals surface area (Å²) in [6.07, 6.45) is 0. The zero-order valence-electron chi connectivity index (χ0n) is 19.5. The Morgan fingerprint density at radius 3 is 2.57 bits per heavy atom. The van der Waals surface area contributed by atoms with E-state index in [0.717, 1.165) is 22.7 Å². The number of carbonyl (C=O) groups excluding carboxylic acids is 1. The van der Waals surface area contributed by atoms with Crippen LogP contribution in [0.4, 0.5) is 18.9 Å². The summed E-state index contributed by atoms with van der Waals surface area (Å²) in [6, 6.07) is 14.0. The number of carbonyl (C=O) groups is 1. The maximum absolute atomic E-state index is 14.8. The lowest BCUT2D eigenvalue weighted by Crippen LogP contribution is -2.47. The minimum absolute atomic E-state index is 0.0548. The lowest BCUT2D eigenvalue weighted by Gasteiger charge is -2.31. The van der Waals surface area contributed by atoms with Crippen LogP contribution >= 0.6 is 0 Å². The zero-order chi connectivity index (χ0) is 24.9. The van der Waals surface area contributed by atoms with Gasteiger partial charge in [0.05, 0.1) is 17.7 Å². The van der Waals surface area contributed by atoms with Crippen molar-refractivity contribution >= 4 is 22.5 Å². The molecule has 180 valence electrons. The van der Waals surface area contributed by atoms with E-state index in [1.807, 2.05) is 44.2 Å². The van der Waals surface area contributed by atoms with E-state index in [0.29, 0.717) is 41.7 Å². The number of aromatic nitrogens is 1. The van der Waals surface area contributed by atoms with Crippen molar-refractivity contribution in [2.45, 2.75) is 19.8 Å². The Labute approximate surface area is 200 Å². The highest BCUT2D eigenvalue weighted by molar-refractivity contribution is 6.06. The number of nitrogens with zero attached hydrogens (tertiary/aromatic N) is 2. The average Bonchev–Trinajstić information content (AvgIpc) is 3.14. The van der Waals surface area contributed by atoms with Crippen molar-refractivity contribution in [3.05, 3.63) is 83.3 Å². The largest absolute Gasteiger partial charge is 0.489 e. The first-order chi connectivity index (χ1) is 16.8. The van der Waals surface area contributed by atoms with Crippen molar-refractivity contribution in [1.29, 1.82) is 0 Å². The topological polar surface area (TPSA) is 46.5 Å². The first kappa shape index (κ1) is 22.8. The van der Waals surface area contributed by atoms with E-state index in [1.54, 1.807) is 28.8 Å². The summed E-state index contributed by atoms with van der Waals surface area (Å²) < 4.78 is 50.2. The molecule has 0 saturated heterocycles. The van der Waals surface area contributed by atoms with E-state index >= 15 is 0 Å². The number of hydrogen-bond acceptors (Lipinski definition) is 3. The van der Waals surface area contributed by atoms with Gasteiger partial charge in [-0.3, -0.25) is 15.2 Å². The molecule has 0 bridgehead atoms. The summed E-state index contributed by atoms with van der Waals surface area (Å²) in [4.78, 5) is 13.7. The molecule has 8 heteroatoms. The molecule has 4 aromatic rings. The number of rotatable bonds is 4. The number of hydrazine groups is 1. The summed E-state index contributed by atoms with van der Waals surface area (Å²) in [5.41, 5.74) is 5.51. The van der Waals surface area contributed by atoms with E-state index in [4.69, 9.17) is 4.74 Å². The van der Waals surface area contributed by atoms with Crippen LogP contribution in [0.25, 0.3) is 22.0 Å². The van der Waals surface area contributed by atoms with Crippen LogP contribution in [-0.4, -0.2) is 23.6 Å². The number of aryl methyl sites for hydroxylation is 1. The van der Waals surface area contributed by atoms with Gasteiger partial charge in [0.1, 0.15) is 23.9 Å².